The first-order valence-electron chi connectivity index (χ1n) is 6.63. The van der Waals surface area contributed by atoms with E-state index in [0.717, 1.165) is 5.39 Å². The van der Waals surface area contributed by atoms with Crippen LogP contribution in [0.4, 0.5) is 0 Å². The Morgan fingerprint density at radius 2 is 1.71 bits per heavy atom. The molecule has 21 heavy (non-hydrogen) atoms. The molecule has 2 aromatic rings. The summed E-state index contributed by atoms with van der Waals surface area (Å²) in [6.07, 6.45) is 0. The molecule has 0 spiro atoms. The molecule has 0 aliphatic rings. The van der Waals surface area contributed by atoms with Crippen LogP contribution in [0.1, 0.15) is 25.3 Å². The predicted molar refractivity (Wildman–Crippen MR) is 84.0 cm³/mol. The highest BCUT2D eigenvalue weighted by molar-refractivity contribution is 7.86. The van der Waals surface area contributed by atoms with Crippen molar-refractivity contribution in [3.05, 3.63) is 42.0 Å². The molecule has 0 unspecified atom stereocenters. The lowest BCUT2D eigenvalue weighted by Crippen LogP contribution is -2.05. The Bertz CT molecular complexity index is 694. The number of nitrogens with two attached hydrogens (primary N) is 1. The van der Waals surface area contributed by atoms with Gasteiger partial charge in [-0.15, -0.1) is 0 Å². The van der Waals surface area contributed by atoms with Crippen LogP contribution < -0.4 is 5.73 Å². The monoisotopic (exact) mass is 311 g/mol. The van der Waals surface area contributed by atoms with E-state index in [1.165, 1.54) is 0 Å². The molecule has 0 aliphatic carbocycles. The number of hydrogen-bond acceptors (Lipinski definition) is 4. The van der Waals surface area contributed by atoms with Crippen molar-refractivity contribution in [3.8, 4) is 0 Å². The first kappa shape index (κ1) is 17.6. The van der Waals surface area contributed by atoms with Gasteiger partial charge in [-0.1, -0.05) is 50.2 Å². The van der Waals surface area contributed by atoms with E-state index in [9.17, 15) is 13.0 Å². The zero-order valence-electron chi connectivity index (χ0n) is 12.2. The van der Waals surface area contributed by atoms with Crippen molar-refractivity contribution < 1.29 is 18.1 Å². The summed E-state index contributed by atoms with van der Waals surface area (Å²) in [5, 5.41) is 9.13. The average Bonchev–Trinajstić information content (AvgIpc) is 2.45. The molecule has 0 bridgehead atoms. The molecule has 0 radical (unpaired) electrons. The maximum atomic E-state index is 11.5. The van der Waals surface area contributed by atoms with Gasteiger partial charge in [-0.25, -0.2) is 0 Å². The number of aliphatic hydroxyl groups excluding tert-OH is 1. The third-order valence-corrected chi connectivity index (χ3v) is 3.89. The normalized spacial score (nSPS) is 11.3. The van der Waals surface area contributed by atoms with Crippen LogP contribution in [0.15, 0.2) is 41.3 Å². The Hall–Kier alpha value is -1.47. The van der Waals surface area contributed by atoms with E-state index in [2.05, 4.69) is 0 Å². The molecular formula is C15H21NO4S. The van der Waals surface area contributed by atoms with E-state index in [4.69, 9.17) is 10.8 Å². The number of benzene rings is 2. The van der Waals surface area contributed by atoms with Crippen LogP contribution in [0.25, 0.3) is 10.8 Å². The van der Waals surface area contributed by atoms with Crippen LogP contribution in [0.2, 0.25) is 0 Å². The predicted octanol–water partition coefficient (Wildman–Crippen LogP) is 2.15. The molecule has 0 heterocycles. The van der Waals surface area contributed by atoms with Crippen LogP contribution in [-0.2, 0) is 10.1 Å². The van der Waals surface area contributed by atoms with Gasteiger partial charge in [0.15, 0.2) is 0 Å². The maximum absolute atomic E-state index is 11.5. The Labute approximate surface area is 125 Å². The highest BCUT2D eigenvalue weighted by atomic mass is 32.2. The van der Waals surface area contributed by atoms with Gasteiger partial charge in [0.2, 0.25) is 0 Å². The molecular weight excluding hydrogens is 290 g/mol. The summed E-state index contributed by atoms with van der Waals surface area (Å²) < 4.78 is 32.4. The third-order valence-electron chi connectivity index (χ3n) is 2.92. The van der Waals surface area contributed by atoms with Crippen molar-refractivity contribution >= 4 is 20.9 Å². The number of hydrogen-bond donors (Lipinski definition) is 3. The molecule has 0 atom stereocenters. The van der Waals surface area contributed by atoms with Gasteiger partial charge in [0.05, 0.1) is 6.61 Å². The second-order valence-corrected chi connectivity index (χ2v) is 6.21. The summed E-state index contributed by atoms with van der Waals surface area (Å²) in [5.41, 5.74) is 5.42. The zero-order valence-corrected chi connectivity index (χ0v) is 13.0. The molecule has 0 saturated carbocycles. The van der Waals surface area contributed by atoms with Crippen molar-refractivity contribution in [1.82, 2.24) is 0 Å². The summed E-state index contributed by atoms with van der Waals surface area (Å²) in [5.74, 6) is 0.0385. The molecule has 5 nitrogen and oxygen atoms in total. The van der Waals surface area contributed by atoms with E-state index < -0.39 is 10.1 Å². The fraction of sp³-hybridized carbons (Fsp3) is 0.333. The number of rotatable bonds is 3. The standard InChI is InChI=1S/C13H14O3S.C2H7NO/c1-9(2)11-8-7-10-5-3-4-6-12(10)13(11)17(14,15)16;3-1-2-4/h3-9H,1-2H3,(H,14,15,16);4H,1-3H2. The molecule has 2 rings (SSSR count). The van der Waals surface area contributed by atoms with Crippen molar-refractivity contribution in [3.63, 3.8) is 0 Å². The first-order chi connectivity index (χ1) is 9.82. The van der Waals surface area contributed by atoms with Gasteiger partial charge >= 0.3 is 0 Å². The van der Waals surface area contributed by atoms with Gasteiger partial charge in [0.25, 0.3) is 10.1 Å². The second kappa shape index (κ2) is 7.51. The van der Waals surface area contributed by atoms with E-state index in [0.29, 0.717) is 17.5 Å². The highest BCUT2D eigenvalue weighted by Gasteiger charge is 2.20. The summed E-state index contributed by atoms with van der Waals surface area (Å²) in [6, 6.07) is 10.8. The minimum absolute atomic E-state index is 0.0330. The Kier molecular flexibility index (Phi) is 6.29. The lowest BCUT2D eigenvalue weighted by Gasteiger charge is -2.13. The quantitative estimate of drug-likeness (QED) is 0.754. The third kappa shape index (κ3) is 4.50. The Morgan fingerprint density at radius 1 is 1.14 bits per heavy atom. The van der Waals surface area contributed by atoms with Crippen molar-refractivity contribution in [2.45, 2.75) is 24.7 Å². The maximum Gasteiger partial charge on any atom is 0.295 e. The second-order valence-electron chi connectivity index (χ2n) is 4.85. The van der Waals surface area contributed by atoms with E-state index in [-0.39, 0.29) is 17.4 Å². The minimum Gasteiger partial charge on any atom is -0.395 e. The Balaban J connectivity index is 0.000000491. The van der Waals surface area contributed by atoms with Crippen LogP contribution >= 0.6 is 0 Å². The summed E-state index contributed by atoms with van der Waals surface area (Å²) in [7, 11) is -4.21. The molecule has 116 valence electrons. The van der Waals surface area contributed by atoms with Crippen LogP contribution in [0.3, 0.4) is 0 Å². The molecule has 0 amide bonds. The highest BCUT2D eigenvalue weighted by Crippen LogP contribution is 2.31. The van der Waals surface area contributed by atoms with Gasteiger partial charge in [0.1, 0.15) is 4.90 Å². The fourth-order valence-corrected chi connectivity index (χ4v) is 3.07. The lowest BCUT2D eigenvalue weighted by molar-refractivity contribution is 0.306. The largest absolute Gasteiger partial charge is 0.395 e. The molecule has 4 N–H and O–H groups in total. The van der Waals surface area contributed by atoms with Gasteiger partial charge in [-0.05, 0) is 16.9 Å². The topological polar surface area (TPSA) is 101 Å². The SMILES string of the molecule is CC(C)c1ccc2ccccc2c1S(=O)(=O)O.NCCO. The average molecular weight is 311 g/mol. The van der Waals surface area contributed by atoms with Gasteiger partial charge in [-0.2, -0.15) is 8.42 Å². The summed E-state index contributed by atoms with van der Waals surface area (Å²) >= 11 is 0. The number of aliphatic hydroxyl groups is 1. The van der Waals surface area contributed by atoms with E-state index in [1.54, 1.807) is 18.2 Å². The van der Waals surface area contributed by atoms with Crippen LogP contribution in [0, 0.1) is 0 Å². The van der Waals surface area contributed by atoms with Crippen LogP contribution in [-0.4, -0.2) is 31.2 Å². The van der Waals surface area contributed by atoms with Crippen LogP contribution in [0.5, 0.6) is 0 Å². The molecule has 0 aromatic heterocycles. The van der Waals surface area contributed by atoms with Gasteiger partial charge in [0, 0.05) is 11.9 Å². The fourth-order valence-electron chi connectivity index (χ4n) is 2.00. The Morgan fingerprint density at radius 3 is 2.19 bits per heavy atom. The van der Waals surface area contributed by atoms with Crippen molar-refractivity contribution in [2.24, 2.45) is 5.73 Å². The molecule has 2 aromatic carbocycles. The summed E-state index contributed by atoms with van der Waals surface area (Å²) in [4.78, 5) is 0.0330. The van der Waals surface area contributed by atoms with E-state index >= 15 is 0 Å². The minimum atomic E-state index is -4.21. The molecule has 6 heteroatoms. The molecule has 0 saturated heterocycles. The first-order valence-corrected chi connectivity index (χ1v) is 8.07. The van der Waals surface area contributed by atoms with Gasteiger partial charge < -0.3 is 10.8 Å². The smallest absolute Gasteiger partial charge is 0.295 e. The molecule has 0 aliphatic heterocycles. The van der Waals surface area contributed by atoms with Crippen molar-refractivity contribution in [2.75, 3.05) is 13.2 Å². The van der Waals surface area contributed by atoms with Crippen molar-refractivity contribution in [1.29, 1.82) is 0 Å². The van der Waals surface area contributed by atoms with E-state index in [1.807, 2.05) is 32.0 Å². The zero-order chi connectivity index (χ0) is 16.0. The number of fused-ring (bicyclic) bond motifs is 1. The lowest BCUT2D eigenvalue weighted by atomic mass is 9.99. The summed E-state index contributed by atoms with van der Waals surface area (Å²) in [6.45, 7) is 4.28. The molecule has 0 fully saturated rings. The van der Waals surface area contributed by atoms with Gasteiger partial charge in [-0.3, -0.25) is 4.55 Å².